The lowest BCUT2D eigenvalue weighted by Crippen LogP contribution is -2.45. The van der Waals surface area contributed by atoms with Gasteiger partial charge in [0.15, 0.2) is 0 Å². The van der Waals surface area contributed by atoms with Gasteiger partial charge in [-0.2, -0.15) is 0 Å². The predicted octanol–water partition coefficient (Wildman–Crippen LogP) is 7.19. The molecule has 0 saturated carbocycles. The first kappa shape index (κ1) is 36.1. The van der Waals surface area contributed by atoms with Crippen molar-refractivity contribution in [1.82, 2.24) is 10.2 Å². The molecule has 0 fully saturated rings. The number of amides is 3. The molecule has 0 bridgehead atoms. The van der Waals surface area contributed by atoms with Crippen molar-refractivity contribution in [2.75, 3.05) is 11.9 Å². The molecule has 1 aliphatic heterocycles. The molecule has 1 heterocycles. The third kappa shape index (κ3) is 10.7. The number of benzene rings is 3. The Labute approximate surface area is 284 Å². The zero-order valence-corrected chi connectivity index (χ0v) is 28.4. The molecule has 0 saturated heterocycles. The number of hydrogen-bond donors (Lipinski definition) is 3. The van der Waals surface area contributed by atoms with Crippen LogP contribution in [-0.4, -0.2) is 46.3 Å². The SMILES string of the molecule is CCCc1ccc(C/C=C(/CC(CCCCN2Cc3ccccc3C2=O)C(=O)O)C(=O)N[C@@H](CC(C)C)C(=O)Nc2ccccc2)cc1. The molecule has 3 aromatic carbocycles. The summed E-state index contributed by atoms with van der Waals surface area (Å²) in [6.07, 6.45) is 6.41. The van der Waals surface area contributed by atoms with Crippen LogP contribution in [0, 0.1) is 11.8 Å². The molecule has 0 spiro atoms. The minimum Gasteiger partial charge on any atom is -0.481 e. The van der Waals surface area contributed by atoms with Crippen molar-refractivity contribution in [3.63, 3.8) is 0 Å². The molecular weight excluding hydrogens is 602 g/mol. The van der Waals surface area contributed by atoms with Crippen molar-refractivity contribution in [3.05, 3.63) is 113 Å². The first-order valence-electron chi connectivity index (χ1n) is 17.2. The number of carboxylic acids is 1. The van der Waals surface area contributed by atoms with E-state index >= 15 is 0 Å². The Bertz CT molecular complexity index is 1570. The lowest BCUT2D eigenvalue weighted by molar-refractivity contribution is -0.142. The fourth-order valence-corrected chi connectivity index (χ4v) is 6.11. The van der Waals surface area contributed by atoms with Crippen molar-refractivity contribution in [1.29, 1.82) is 0 Å². The van der Waals surface area contributed by atoms with Crippen LogP contribution >= 0.6 is 0 Å². The van der Waals surface area contributed by atoms with Crippen LogP contribution in [0.5, 0.6) is 0 Å². The standard InChI is InChI=1S/C40H49N3O5/c1-4-12-29-18-20-30(21-19-29)22-23-31(37(44)42-36(25-28(2)3)38(45)41-34-15-6-5-7-16-34)26-32(40(47)48)13-10-11-24-43-27-33-14-8-9-17-35(33)39(43)46/h5-9,14-21,23,28,32,36H,4,10-13,22,24-27H2,1-3H3,(H,41,45)(H,42,44)(H,47,48)/b31-23-/t32?,36-/m0/s1. The first-order valence-corrected chi connectivity index (χ1v) is 17.2. The molecule has 0 radical (unpaired) electrons. The van der Waals surface area contributed by atoms with E-state index in [-0.39, 0.29) is 24.2 Å². The molecule has 254 valence electrons. The highest BCUT2D eigenvalue weighted by molar-refractivity contribution is 6.01. The van der Waals surface area contributed by atoms with Gasteiger partial charge in [-0.25, -0.2) is 0 Å². The van der Waals surface area contributed by atoms with Gasteiger partial charge in [-0.15, -0.1) is 0 Å². The van der Waals surface area contributed by atoms with Crippen molar-refractivity contribution in [2.24, 2.45) is 11.8 Å². The van der Waals surface area contributed by atoms with Gasteiger partial charge in [-0.05, 0) is 79.3 Å². The summed E-state index contributed by atoms with van der Waals surface area (Å²) in [5, 5.41) is 16.0. The van der Waals surface area contributed by atoms with Gasteiger partial charge in [0.1, 0.15) is 6.04 Å². The van der Waals surface area contributed by atoms with Gasteiger partial charge < -0.3 is 20.6 Å². The molecule has 4 rings (SSSR count). The second-order valence-corrected chi connectivity index (χ2v) is 13.1. The van der Waals surface area contributed by atoms with Gasteiger partial charge in [-0.1, -0.05) is 100 Å². The van der Waals surface area contributed by atoms with E-state index in [1.54, 1.807) is 17.0 Å². The van der Waals surface area contributed by atoms with E-state index < -0.39 is 23.8 Å². The van der Waals surface area contributed by atoms with Crippen LogP contribution in [0.25, 0.3) is 0 Å². The number of para-hydroxylation sites is 1. The number of nitrogens with one attached hydrogen (secondary N) is 2. The van der Waals surface area contributed by atoms with Crippen LogP contribution in [0.3, 0.4) is 0 Å². The highest BCUT2D eigenvalue weighted by Crippen LogP contribution is 2.25. The Kier molecular flexibility index (Phi) is 13.5. The van der Waals surface area contributed by atoms with Crippen LogP contribution < -0.4 is 10.6 Å². The fraction of sp³-hybridized carbons (Fsp3) is 0.400. The Morgan fingerprint density at radius 1 is 0.917 bits per heavy atom. The molecule has 0 aliphatic carbocycles. The molecular formula is C40H49N3O5. The molecule has 3 N–H and O–H groups in total. The number of nitrogens with zero attached hydrogens (tertiary/aromatic N) is 1. The number of hydrogen-bond acceptors (Lipinski definition) is 4. The lowest BCUT2D eigenvalue weighted by Gasteiger charge is -2.22. The molecule has 48 heavy (non-hydrogen) atoms. The van der Waals surface area contributed by atoms with E-state index in [2.05, 4.69) is 29.7 Å². The lowest BCUT2D eigenvalue weighted by atomic mass is 9.92. The van der Waals surface area contributed by atoms with E-state index in [0.29, 0.717) is 56.5 Å². The number of aliphatic carboxylic acids is 1. The Morgan fingerprint density at radius 2 is 1.60 bits per heavy atom. The topological polar surface area (TPSA) is 116 Å². The molecule has 1 aliphatic rings. The van der Waals surface area contributed by atoms with E-state index in [4.69, 9.17) is 0 Å². The minimum absolute atomic E-state index is 0.0113. The summed E-state index contributed by atoms with van der Waals surface area (Å²) in [6, 6.07) is 24.2. The zero-order valence-electron chi connectivity index (χ0n) is 28.4. The van der Waals surface area contributed by atoms with E-state index in [9.17, 15) is 24.3 Å². The number of carbonyl (C=O) groups excluding carboxylic acids is 3. The second kappa shape index (κ2) is 18.0. The van der Waals surface area contributed by atoms with Crippen LogP contribution in [0.2, 0.25) is 0 Å². The number of fused-ring (bicyclic) bond motifs is 1. The number of unbranched alkanes of at least 4 members (excludes halogenated alkanes) is 1. The van der Waals surface area contributed by atoms with Crippen molar-refractivity contribution >= 4 is 29.4 Å². The highest BCUT2D eigenvalue weighted by atomic mass is 16.4. The summed E-state index contributed by atoms with van der Waals surface area (Å²) in [5.74, 6) is -2.37. The smallest absolute Gasteiger partial charge is 0.306 e. The average Bonchev–Trinajstić information content (AvgIpc) is 3.39. The monoisotopic (exact) mass is 651 g/mol. The van der Waals surface area contributed by atoms with E-state index in [0.717, 1.165) is 29.5 Å². The van der Waals surface area contributed by atoms with Gasteiger partial charge in [0, 0.05) is 29.9 Å². The average molecular weight is 652 g/mol. The van der Waals surface area contributed by atoms with Gasteiger partial charge in [0.2, 0.25) is 11.8 Å². The number of allylic oxidation sites excluding steroid dienone is 1. The molecule has 2 atom stereocenters. The second-order valence-electron chi connectivity index (χ2n) is 13.1. The number of rotatable bonds is 18. The van der Waals surface area contributed by atoms with E-state index in [1.165, 1.54) is 5.56 Å². The van der Waals surface area contributed by atoms with Crippen LogP contribution in [0.4, 0.5) is 5.69 Å². The summed E-state index contributed by atoms with van der Waals surface area (Å²) in [7, 11) is 0. The van der Waals surface area contributed by atoms with Crippen molar-refractivity contribution in [3.8, 4) is 0 Å². The maximum absolute atomic E-state index is 13.9. The van der Waals surface area contributed by atoms with Crippen LogP contribution in [-0.2, 0) is 33.8 Å². The normalized spacial score (nSPS) is 14.0. The summed E-state index contributed by atoms with van der Waals surface area (Å²) in [4.78, 5) is 54.2. The van der Waals surface area contributed by atoms with E-state index in [1.807, 2.05) is 74.5 Å². The van der Waals surface area contributed by atoms with Crippen LogP contribution in [0.1, 0.15) is 86.3 Å². The number of carboxylic acid groups (broad SMARTS) is 1. The highest BCUT2D eigenvalue weighted by Gasteiger charge is 2.28. The number of carbonyl (C=O) groups is 4. The van der Waals surface area contributed by atoms with Gasteiger partial charge in [0.25, 0.3) is 5.91 Å². The van der Waals surface area contributed by atoms with Gasteiger partial charge in [-0.3, -0.25) is 19.2 Å². The summed E-state index contributed by atoms with van der Waals surface area (Å²) in [5.41, 5.74) is 5.00. The van der Waals surface area contributed by atoms with Gasteiger partial charge >= 0.3 is 5.97 Å². The van der Waals surface area contributed by atoms with Gasteiger partial charge in [0.05, 0.1) is 5.92 Å². The minimum atomic E-state index is -0.970. The Balaban J connectivity index is 1.45. The quantitative estimate of drug-likeness (QED) is 0.0995. The molecule has 0 aromatic heterocycles. The molecule has 3 aromatic rings. The Hall–Kier alpha value is -4.72. The Morgan fingerprint density at radius 3 is 2.27 bits per heavy atom. The van der Waals surface area contributed by atoms with Crippen molar-refractivity contribution < 1.29 is 24.3 Å². The van der Waals surface area contributed by atoms with Crippen LogP contribution in [0.15, 0.2) is 90.5 Å². The zero-order chi connectivity index (χ0) is 34.5. The fourth-order valence-electron chi connectivity index (χ4n) is 6.11. The molecule has 8 heteroatoms. The molecule has 8 nitrogen and oxygen atoms in total. The first-order chi connectivity index (χ1) is 23.1. The molecule has 1 unspecified atom stereocenters. The third-order valence-electron chi connectivity index (χ3n) is 8.75. The largest absolute Gasteiger partial charge is 0.481 e. The summed E-state index contributed by atoms with van der Waals surface area (Å²) >= 11 is 0. The number of aryl methyl sites for hydroxylation is 1. The maximum Gasteiger partial charge on any atom is 0.306 e. The third-order valence-corrected chi connectivity index (χ3v) is 8.75. The molecule has 3 amide bonds. The maximum atomic E-state index is 13.9. The summed E-state index contributed by atoms with van der Waals surface area (Å²) in [6.45, 7) is 7.23. The summed E-state index contributed by atoms with van der Waals surface area (Å²) < 4.78 is 0. The number of anilines is 1. The predicted molar refractivity (Wildman–Crippen MR) is 189 cm³/mol. The van der Waals surface area contributed by atoms with Crippen molar-refractivity contribution in [2.45, 2.75) is 84.7 Å².